The minimum absolute atomic E-state index is 0.247. The monoisotopic (exact) mass is 277 g/mol. The Bertz CT molecular complexity index is 431. The number of ether oxygens (including phenoxy) is 1. The number of nitrogens with zero attached hydrogens (tertiary/aromatic N) is 1. The summed E-state index contributed by atoms with van der Waals surface area (Å²) in [5.41, 5.74) is 2.50. The SMILES string of the molecule is CC(C)c1ccc(C(=S)N2C[C@@H](C)O[C@@H](C)C2)cc1. The lowest BCUT2D eigenvalue weighted by Gasteiger charge is -2.37. The standard InChI is InChI=1S/C16H23NOS/c1-11(2)14-5-7-15(8-6-14)16(19)17-9-12(3)18-13(4)10-17/h5-8,11-13H,9-10H2,1-4H3/t12-,13+. The van der Waals surface area contributed by atoms with Gasteiger partial charge in [-0.2, -0.15) is 0 Å². The Labute approximate surface area is 121 Å². The number of morpholine rings is 1. The summed E-state index contributed by atoms with van der Waals surface area (Å²) in [4.78, 5) is 3.20. The summed E-state index contributed by atoms with van der Waals surface area (Å²) in [6.45, 7) is 10.4. The molecular formula is C16H23NOS. The maximum absolute atomic E-state index is 5.75. The summed E-state index contributed by atoms with van der Waals surface area (Å²) < 4.78 is 5.75. The molecule has 0 radical (unpaired) electrons. The van der Waals surface area contributed by atoms with Gasteiger partial charge < -0.3 is 9.64 Å². The van der Waals surface area contributed by atoms with Crippen LogP contribution in [0.15, 0.2) is 24.3 Å². The molecule has 2 nitrogen and oxygen atoms in total. The quantitative estimate of drug-likeness (QED) is 0.767. The molecule has 1 fully saturated rings. The number of rotatable bonds is 2. The van der Waals surface area contributed by atoms with Crippen molar-refractivity contribution in [1.29, 1.82) is 0 Å². The maximum atomic E-state index is 5.75. The van der Waals surface area contributed by atoms with Crippen LogP contribution < -0.4 is 0 Å². The molecule has 1 aromatic carbocycles. The van der Waals surface area contributed by atoms with Gasteiger partial charge in [0.25, 0.3) is 0 Å². The highest BCUT2D eigenvalue weighted by Crippen LogP contribution is 2.18. The molecule has 0 spiro atoms. The Hall–Kier alpha value is -0.930. The van der Waals surface area contributed by atoms with E-state index < -0.39 is 0 Å². The molecule has 0 N–H and O–H groups in total. The topological polar surface area (TPSA) is 12.5 Å². The van der Waals surface area contributed by atoms with E-state index in [4.69, 9.17) is 17.0 Å². The van der Waals surface area contributed by atoms with Crippen molar-refractivity contribution >= 4 is 17.2 Å². The van der Waals surface area contributed by atoms with Crippen LogP contribution >= 0.6 is 12.2 Å². The lowest BCUT2D eigenvalue weighted by Crippen LogP contribution is -2.47. The molecule has 0 saturated carbocycles. The van der Waals surface area contributed by atoms with Crippen LogP contribution in [-0.4, -0.2) is 35.2 Å². The van der Waals surface area contributed by atoms with E-state index in [1.807, 2.05) is 0 Å². The van der Waals surface area contributed by atoms with Gasteiger partial charge in [0, 0.05) is 18.7 Å². The molecule has 1 aromatic rings. The van der Waals surface area contributed by atoms with Gasteiger partial charge in [-0.05, 0) is 25.3 Å². The van der Waals surface area contributed by atoms with Gasteiger partial charge in [-0.25, -0.2) is 0 Å². The first-order chi connectivity index (χ1) is 8.97. The molecule has 1 aliphatic rings. The lowest BCUT2D eigenvalue weighted by molar-refractivity contribution is -0.0472. The highest BCUT2D eigenvalue weighted by Gasteiger charge is 2.24. The van der Waals surface area contributed by atoms with Crippen LogP contribution in [0.1, 0.15) is 44.7 Å². The van der Waals surface area contributed by atoms with E-state index in [-0.39, 0.29) is 12.2 Å². The lowest BCUT2D eigenvalue weighted by atomic mass is 10.0. The van der Waals surface area contributed by atoms with Crippen molar-refractivity contribution in [3.8, 4) is 0 Å². The van der Waals surface area contributed by atoms with Crippen LogP contribution in [0.2, 0.25) is 0 Å². The van der Waals surface area contributed by atoms with Crippen molar-refractivity contribution in [2.45, 2.75) is 45.8 Å². The van der Waals surface area contributed by atoms with E-state index in [0.29, 0.717) is 5.92 Å². The first kappa shape index (κ1) is 14.5. The van der Waals surface area contributed by atoms with E-state index >= 15 is 0 Å². The zero-order chi connectivity index (χ0) is 14.0. The molecule has 2 rings (SSSR count). The molecule has 19 heavy (non-hydrogen) atoms. The van der Waals surface area contributed by atoms with Crippen LogP contribution in [0.25, 0.3) is 0 Å². The summed E-state index contributed by atoms with van der Waals surface area (Å²) >= 11 is 5.63. The zero-order valence-corrected chi connectivity index (χ0v) is 13.0. The first-order valence-electron chi connectivity index (χ1n) is 7.02. The Balaban J connectivity index is 2.10. The molecule has 0 aromatic heterocycles. The summed E-state index contributed by atoms with van der Waals surface area (Å²) in [6.07, 6.45) is 0.494. The second kappa shape index (κ2) is 6.02. The minimum atomic E-state index is 0.247. The fourth-order valence-corrected chi connectivity index (χ4v) is 2.82. The summed E-state index contributed by atoms with van der Waals surface area (Å²) in [6, 6.07) is 8.64. The molecule has 1 saturated heterocycles. The Morgan fingerprint density at radius 2 is 1.68 bits per heavy atom. The molecule has 2 atom stereocenters. The van der Waals surface area contributed by atoms with Crippen molar-refractivity contribution in [3.63, 3.8) is 0 Å². The zero-order valence-electron chi connectivity index (χ0n) is 12.2. The van der Waals surface area contributed by atoms with Crippen LogP contribution in [0.5, 0.6) is 0 Å². The number of benzene rings is 1. The van der Waals surface area contributed by atoms with Gasteiger partial charge in [0.15, 0.2) is 0 Å². The Kier molecular flexibility index (Phi) is 4.58. The van der Waals surface area contributed by atoms with Crippen LogP contribution in [0, 0.1) is 0 Å². The van der Waals surface area contributed by atoms with Gasteiger partial charge in [-0.1, -0.05) is 50.3 Å². The molecule has 0 unspecified atom stereocenters. The second-order valence-electron chi connectivity index (χ2n) is 5.74. The van der Waals surface area contributed by atoms with Crippen LogP contribution in [0.4, 0.5) is 0 Å². The van der Waals surface area contributed by atoms with Crippen LogP contribution in [0.3, 0.4) is 0 Å². The van der Waals surface area contributed by atoms with E-state index in [1.165, 1.54) is 5.56 Å². The fourth-order valence-electron chi connectivity index (χ4n) is 2.54. The predicted octanol–water partition coefficient (Wildman–Crippen LogP) is 3.59. The van der Waals surface area contributed by atoms with Crippen LogP contribution in [-0.2, 0) is 4.74 Å². The van der Waals surface area contributed by atoms with Gasteiger partial charge in [-0.15, -0.1) is 0 Å². The molecule has 1 aliphatic heterocycles. The average Bonchev–Trinajstić information content (AvgIpc) is 2.37. The second-order valence-corrected chi connectivity index (χ2v) is 6.13. The molecule has 3 heteroatoms. The Morgan fingerprint density at radius 1 is 1.16 bits per heavy atom. The average molecular weight is 277 g/mol. The van der Waals surface area contributed by atoms with Gasteiger partial charge in [0.2, 0.25) is 0 Å². The Morgan fingerprint density at radius 3 is 2.16 bits per heavy atom. The van der Waals surface area contributed by atoms with Gasteiger partial charge in [0.05, 0.1) is 12.2 Å². The van der Waals surface area contributed by atoms with E-state index in [0.717, 1.165) is 23.6 Å². The third-order valence-electron chi connectivity index (χ3n) is 3.53. The summed E-state index contributed by atoms with van der Waals surface area (Å²) in [7, 11) is 0. The van der Waals surface area contributed by atoms with Crippen molar-refractivity contribution < 1.29 is 4.74 Å². The van der Waals surface area contributed by atoms with Crippen molar-refractivity contribution in [2.24, 2.45) is 0 Å². The first-order valence-corrected chi connectivity index (χ1v) is 7.43. The van der Waals surface area contributed by atoms with E-state index in [1.54, 1.807) is 0 Å². The van der Waals surface area contributed by atoms with Gasteiger partial charge in [0.1, 0.15) is 4.99 Å². The smallest absolute Gasteiger partial charge is 0.109 e. The highest BCUT2D eigenvalue weighted by atomic mass is 32.1. The van der Waals surface area contributed by atoms with Crippen molar-refractivity contribution in [3.05, 3.63) is 35.4 Å². The van der Waals surface area contributed by atoms with E-state index in [9.17, 15) is 0 Å². The summed E-state index contributed by atoms with van der Waals surface area (Å²) in [5.74, 6) is 0.561. The number of hydrogen-bond acceptors (Lipinski definition) is 2. The van der Waals surface area contributed by atoms with Crippen molar-refractivity contribution in [1.82, 2.24) is 4.90 Å². The molecule has 1 heterocycles. The molecule has 0 bridgehead atoms. The third-order valence-corrected chi connectivity index (χ3v) is 4.03. The molecule has 0 amide bonds. The predicted molar refractivity (Wildman–Crippen MR) is 83.8 cm³/mol. The minimum Gasteiger partial charge on any atom is -0.372 e. The normalized spacial score (nSPS) is 23.7. The number of hydrogen-bond donors (Lipinski definition) is 0. The van der Waals surface area contributed by atoms with Gasteiger partial charge in [-0.3, -0.25) is 0 Å². The number of thiocarbonyl (C=S) groups is 1. The largest absolute Gasteiger partial charge is 0.372 e. The maximum Gasteiger partial charge on any atom is 0.109 e. The molecule has 104 valence electrons. The molecule has 0 aliphatic carbocycles. The third kappa shape index (κ3) is 3.54. The summed E-state index contributed by atoms with van der Waals surface area (Å²) in [5, 5.41) is 0. The van der Waals surface area contributed by atoms with E-state index in [2.05, 4.69) is 56.9 Å². The fraction of sp³-hybridized carbons (Fsp3) is 0.562. The highest BCUT2D eigenvalue weighted by molar-refractivity contribution is 7.80. The molecular weight excluding hydrogens is 254 g/mol. The van der Waals surface area contributed by atoms with Crippen molar-refractivity contribution in [2.75, 3.05) is 13.1 Å². The van der Waals surface area contributed by atoms with Gasteiger partial charge >= 0.3 is 0 Å².